The molecule has 18 heavy (non-hydrogen) atoms. The van der Waals surface area contributed by atoms with E-state index in [2.05, 4.69) is 15.0 Å². The van der Waals surface area contributed by atoms with Crippen LogP contribution in [0.5, 0.6) is 0 Å². The van der Waals surface area contributed by atoms with E-state index in [1.54, 1.807) is 13.0 Å². The number of amides is 1. The molecule has 0 saturated carbocycles. The van der Waals surface area contributed by atoms with Gasteiger partial charge in [0.05, 0.1) is 6.61 Å². The molecule has 1 amide bonds. The van der Waals surface area contributed by atoms with Gasteiger partial charge in [0.1, 0.15) is 5.56 Å². The molecule has 0 aliphatic carbocycles. The fraction of sp³-hybridized carbons (Fsp3) is 0.364. The smallest absolute Gasteiger partial charge is 0.328 e. The number of H-pyrrole nitrogens is 1. The Bertz CT molecular complexity index is 508. The highest BCUT2D eigenvalue weighted by molar-refractivity contribution is 5.96. The number of aromatic amines is 1. The van der Waals surface area contributed by atoms with Crippen molar-refractivity contribution in [3.8, 4) is 0 Å². The molecular weight excluding hydrogens is 240 g/mol. The minimum Gasteiger partial charge on any atom is -0.480 e. The number of aromatic nitrogens is 1. The second kappa shape index (κ2) is 5.97. The molecule has 1 aromatic rings. The fourth-order valence-corrected chi connectivity index (χ4v) is 1.33. The molecule has 1 heterocycles. The van der Waals surface area contributed by atoms with Crippen molar-refractivity contribution < 1.29 is 19.4 Å². The average molecular weight is 254 g/mol. The van der Waals surface area contributed by atoms with Gasteiger partial charge in [0, 0.05) is 12.8 Å². The van der Waals surface area contributed by atoms with Crippen molar-refractivity contribution in [2.75, 3.05) is 13.7 Å². The zero-order chi connectivity index (χ0) is 13.7. The van der Waals surface area contributed by atoms with Gasteiger partial charge in [-0.3, -0.25) is 9.59 Å². The van der Waals surface area contributed by atoms with Crippen molar-refractivity contribution in [3.63, 3.8) is 0 Å². The molecule has 1 rings (SSSR count). The SMILES string of the molecule is COCC(NC(=O)c1ccc(C)[nH]c1=O)C(=O)O. The zero-order valence-corrected chi connectivity index (χ0v) is 10.0. The molecule has 7 nitrogen and oxygen atoms in total. The summed E-state index contributed by atoms with van der Waals surface area (Å²) in [6.45, 7) is 1.50. The first-order valence-electron chi connectivity index (χ1n) is 5.18. The largest absolute Gasteiger partial charge is 0.480 e. The number of nitrogens with one attached hydrogen (secondary N) is 2. The molecule has 0 saturated heterocycles. The van der Waals surface area contributed by atoms with Crippen molar-refractivity contribution in [1.82, 2.24) is 10.3 Å². The van der Waals surface area contributed by atoms with Crippen LogP contribution < -0.4 is 10.9 Å². The molecule has 0 aromatic carbocycles. The summed E-state index contributed by atoms with van der Waals surface area (Å²) in [5.41, 5.74) is -0.0831. The van der Waals surface area contributed by atoms with Gasteiger partial charge < -0.3 is 20.1 Å². The van der Waals surface area contributed by atoms with Crippen LogP contribution in [0.2, 0.25) is 0 Å². The summed E-state index contributed by atoms with van der Waals surface area (Å²) in [7, 11) is 1.32. The van der Waals surface area contributed by atoms with E-state index in [4.69, 9.17) is 5.11 Å². The molecule has 0 spiro atoms. The molecule has 3 N–H and O–H groups in total. The molecule has 1 atom stereocenters. The molecule has 0 fully saturated rings. The van der Waals surface area contributed by atoms with Gasteiger partial charge in [0.25, 0.3) is 11.5 Å². The molecule has 98 valence electrons. The monoisotopic (exact) mass is 254 g/mol. The molecular formula is C11H14N2O5. The number of carbonyl (C=O) groups excluding carboxylic acids is 1. The van der Waals surface area contributed by atoms with E-state index in [1.165, 1.54) is 13.2 Å². The van der Waals surface area contributed by atoms with Crippen molar-refractivity contribution in [2.24, 2.45) is 0 Å². The Morgan fingerprint density at radius 1 is 1.50 bits per heavy atom. The second-order valence-corrected chi connectivity index (χ2v) is 3.70. The summed E-state index contributed by atoms with van der Waals surface area (Å²) in [5.74, 6) is -1.98. The Morgan fingerprint density at radius 3 is 2.67 bits per heavy atom. The molecule has 0 aliphatic heterocycles. The van der Waals surface area contributed by atoms with Crippen LogP contribution in [-0.2, 0) is 9.53 Å². The van der Waals surface area contributed by atoms with Gasteiger partial charge in [-0.1, -0.05) is 0 Å². The molecule has 0 bridgehead atoms. The predicted molar refractivity (Wildman–Crippen MR) is 62.6 cm³/mol. The highest BCUT2D eigenvalue weighted by atomic mass is 16.5. The Morgan fingerprint density at radius 2 is 2.17 bits per heavy atom. The quantitative estimate of drug-likeness (QED) is 0.657. The third kappa shape index (κ3) is 3.42. The topological polar surface area (TPSA) is 108 Å². The number of hydrogen-bond donors (Lipinski definition) is 3. The van der Waals surface area contributed by atoms with Crippen LogP contribution in [0.1, 0.15) is 16.1 Å². The number of hydrogen-bond acceptors (Lipinski definition) is 4. The van der Waals surface area contributed by atoms with Gasteiger partial charge in [-0.2, -0.15) is 0 Å². The van der Waals surface area contributed by atoms with E-state index in [0.29, 0.717) is 5.69 Å². The number of methoxy groups -OCH3 is 1. The van der Waals surface area contributed by atoms with Gasteiger partial charge in [0.15, 0.2) is 6.04 Å². The minimum absolute atomic E-state index is 0.136. The Kier molecular flexibility index (Phi) is 4.61. The van der Waals surface area contributed by atoms with E-state index in [9.17, 15) is 14.4 Å². The maximum atomic E-state index is 11.7. The maximum Gasteiger partial charge on any atom is 0.328 e. The maximum absolute atomic E-state index is 11.7. The highest BCUT2D eigenvalue weighted by Crippen LogP contribution is 1.95. The third-order valence-corrected chi connectivity index (χ3v) is 2.24. The molecule has 1 unspecified atom stereocenters. The van der Waals surface area contributed by atoms with Crippen molar-refractivity contribution in [3.05, 3.63) is 33.7 Å². The van der Waals surface area contributed by atoms with Crippen LogP contribution in [0, 0.1) is 6.92 Å². The lowest BCUT2D eigenvalue weighted by molar-refractivity contribution is -0.140. The lowest BCUT2D eigenvalue weighted by Crippen LogP contribution is -2.45. The van der Waals surface area contributed by atoms with Crippen LogP contribution in [0.3, 0.4) is 0 Å². The van der Waals surface area contributed by atoms with Gasteiger partial charge in [-0.15, -0.1) is 0 Å². The van der Waals surface area contributed by atoms with Crippen LogP contribution in [0.25, 0.3) is 0 Å². The number of aryl methyl sites for hydroxylation is 1. The van der Waals surface area contributed by atoms with Crippen molar-refractivity contribution in [2.45, 2.75) is 13.0 Å². The Balaban J connectivity index is 2.87. The number of pyridine rings is 1. The number of aliphatic carboxylic acids is 1. The third-order valence-electron chi connectivity index (χ3n) is 2.24. The minimum atomic E-state index is -1.23. The van der Waals surface area contributed by atoms with Gasteiger partial charge in [-0.05, 0) is 19.1 Å². The normalized spacial score (nSPS) is 11.9. The molecule has 0 aliphatic rings. The van der Waals surface area contributed by atoms with Gasteiger partial charge in [-0.25, -0.2) is 4.79 Å². The summed E-state index contributed by atoms with van der Waals surface area (Å²) in [5, 5.41) is 11.0. The van der Waals surface area contributed by atoms with E-state index >= 15 is 0 Å². The summed E-state index contributed by atoms with van der Waals surface area (Å²) in [4.78, 5) is 36.5. The first-order chi connectivity index (χ1) is 8.45. The lowest BCUT2D eigenvalue weighted by atomic mass is 10.2. The summed E-state index contributed by atoms with van der Waals surface area (Å²) in [6.07, 6.45) is 0. The summed E-state index contributed by atoms with van der Waals surface area (Å²) in [6, 6.07) is 1.71. The molecule has 1 aromatic heterocycles. The second-order valence-electron chi connectivity index (χ2n) is 3.70. The van der Waals surface area contributed by atoms with E-state index in [1.807, 2.05) is 0 Å². The van der Waals surface area contributed by atoms with Crippen LogP contribution in [0.15, 0.2) is 16.9 Å². The summed E-state index contributed by atoms with van der Waals surface area (Å²) >= 11 is 0. The Hall–Kier alpha value is -2.15. The van der Waals surface area contributed by atoms with E-state index < -0.39 is 23.5 Å². The predicted octanol–water partition coefficient (Wildman–Crippen LogP) is -0.487. The Labute approximate surface area is 103 Å². The van der Waals surface area contributed by atoms with Crippen LogP contribution in [0.4, 0.5) is 0 Å². The first kappa shape index (κ1) is 13.9. The van der Waals surface area contributed by atoms with E-state index in [-0.39, 0.29) is 12.2 Å². The van der Waals surface area contributed by atoms with E-state index in [0.717, 1.165) is 0 Å². The summed E-state index contributed by atoms with van der Waals surface area (Å²) < 4.78 is 4.67. The molecule has 7 heteroatoms. The van der Waals surface area contributed by atoms with Crippen molar-refractivity contribution >= 4 is 11.9 Å². The number of rotatable bonds is 5. The van der Waals surface area contributed by atoms with Crippen molar-refractivity contribution in [1.29, 1.82) is 0 Å². The standard InChI is InChI=1S/C11H14N2O5/c1-6-3-4-7(9(14)12-6)10(15)13-8(5-18-2)11(16)17/h3-4,8H,5H2,1-2H3,(H,12,14)(H,13,15)(H,16,17). The zero-order valence-electron chi connectivity index (χ0n) is 10.0. The lowest BCUT2D eigenvalue weighted by Gasteiger charge is -2.13. The van der Waals surface area contributed by atoms with Crippen LogP contribution in [-0.4, -0.2) is 41.7 Å². The van der Waals surface area contributed by atoms with Gasteiger partial charge >= 0.3 is 5.97 Å². The number of carbonyl (C=O) groups is 2. The van der Waals surface area contributed by atoms with Crippen LogP contribution >= 0.6 is 0 Å². The average Bonchev–Trinajstić information content (AvgIpc) is 2.27. The molecule has 0 radical (unpaired) electrons. The number of carboxylic acids is 1. The number of ether oxygens (including phenoxy) is 1. The fourth-order valence-electron chi connectivity index (χ4n) is 1.33. The first-order valence-corrected chi connectivity index (χ1v) is 5.18. The number of carboxylic acid groups (broad SMARTS) is 1. The van der Waals surface area contributed by atoms with Gasteiger partial charge in [0.2, 0.25) is 0 Å². The highest BCUT2D eigenvalue weighted by Gasteiger charge is 2.21.